The predicted molar refractivity (Wildman–Crippen MR) is 60.1 cm³/mol. The molecule has 0 aliphatic heterocycles. The van der Waals surface area contributed by atoms with Crippen molar-refractivity contribution in [1.82, 2.24) is 0 Å². The Labute approximate surface area is 105 Å². The van der Waals surface area contributed by atoms with Gasteiger partial charge in [0.05, 0.1) is 0 Å². The Bertz CT molecular complexity index is 105. The summed E-state index contributed by atoms with van der Waals surface area (Å²) in [6.07, 6.45) is 6.05. The van der Waals surface area contributed by atoms with Gasteiger partial charge in [-0.2, -0.15) is 0 Å². The van der Waals surface area contributed by atoms with E-state index >= 15 is 0 Å². The van der Waals surface area contributed by atoms with Crippen molar-refractivity contribution in [3.63, 3.8) is 0 Å². The molecule has 0 bridgehead atoms. The Morgan fingerprint density at radius 1 is 0.909 bits per heavy atom. The van der Waals surface area contributed by atoms with Crippen LogP contribution in [0.4, 0.5) is 0 Å². The SMILES string of the molecule is C=CC[SiH](CC=C)CC=C.[Ca+2].[H-].[H-]. The third-order valence-electron chi connectivity index (χ3n) is 1.50. The van der Waals surface area contributed by atoms with Crippen molar-refractivity contribution in [2.75, 3.05) is 0 Å². The van der Waals surface area contributed by atoms with Crippen LogP contribution in [0.2, 0.25) is 18.1 Å². The third-order valence-corrected chi connectivity index (χ3v) is 4.50. The summed E-state index contributed by atoms with van der Waals surface area (Å²) < 4.78 is 0. The van der Waals surface area contributed by atoms with E-state index in [9.17, 15) is 0 Å². The van der Waals surface area contributed by atoms with Crippen LogP contribution in [0, 0.1) is 0 Å². The van der Waals surface area contributed by atoms with E-state index in [0.29, 0.717) is 0 Å². The van der Waals surface area contributed by atoms with Crippen molar-refractivity contribution >= 4 is 46.5 Å². The molecular formula is C9H18CaSi. The maximum Gasteiger partial charge on any atom is 2.00 e. The second-order valence-corrected chi connectivity index (χ2v) is 5.59. The normalized spacial score (nSPS) is 8.45. The number of hydrogen-bond acceptors (Lipinski definition) is 0. The predicted octanol–water partition coefficient (Wildman–Crippen LogP) is 2.62. The van der Waals surface area contributed by atoms with E-state index in [1.807, 2.05) is 18.2 Å². The van der Waals surface area contributed by atoms with Crippen LogP contribution in [-0.4, -0.2) is 46.5 Å². The van der Waals surface area contributed by atoms with Gasteiger partial charge in [-0.1, -0.05) is 18.2 Å². The van der Waals surface area contributed by atoms with Crippen LogP contribution in [0.5, 0.6) is 0 Å². The minimum atomic E-state index is -0.588. The summed E-state index contributed by atoms with van der Waals surface area (Å²) in [7, 11) is -0.588. The van der Waals surface area contributed by atoms with Crippen molar-refractivity contribution in [3.8, 4) is 0 Å². The molecule has 0 nitrogen and oxygen atoms in total. The molecule has 0 aliphatic rings. The van der Waals surface area contributed by atoms with Gasteiger partial charge in [-0.05, 0) is 18.1 Å². The molecule has 0 aromatic rings. The van der Waals surface area contributed by atoms with E-state index in [1.165, 1.54) is 18.1 Å². The molecule has 0 saturated heterocycles. The smallest absolute Gasteiger partial charge is 1.00 e. The van der Waals surface area contributed by atoms with Crippen LogP contribution in [0.15, 0.2) is 38.0 Å². The van der Waals surface area contributed by atoms with Crippen LogP contribution < -0.4 is 0 Å². The van der Waals surface area contributed by atoms with Gasteiger partial charge in [-0.15, -0.1) is 19.7 Å². The van der Waals surface area contributed by atoms with Crippen molar-refractivity contribution in [3.05, 3.63) is 38.0 Å². The Kier molecular flexibility index (Phi) is 13.8. The topological polar surface area (TPSA) is 0 Å². The van der Waals surface area contributed by atoms with Gasteiger partial charge in [0.1, 0.15) is 0 Å². The molecule has 0 aliphatic carbocycles. The molecule has 0 spiro atoms. The summed E-state index contributed by atoms with van der Waals surface area (Å²) in [4.78, 5) is 0. The van der Waals surface area contributed by atoms with Gasteiger partial charge in [0, 0.05) is 8.80 Å². The Hall–Kier alpha value is 0.697. The molecule has 0 unspecified atom stereocenters. The standard InChI is InChI=1S/C9H16Si.Ca.2H/c1-4-7-10(8-5-2)9-6-3;;;/h4-6,10H,1-3,7-9H2;;;/q;+2;2*-1. The Morgan fingerprint density at radius 2 is 1.18 bits per heavy atom. The van der Waals surface area contributed by atoms with Gasteiger partial charge in [0.25, 0.3) is 0 Å². The van der Waals surface area contributed by atoms with E-state index in [1.54, 1.807) is 0 Å². The molecule has 11 heavy (non-hydrogen) atoms. The van der Waals surface area contributed by atoms with Crippen LogP contribution in [-0.2, 0) is 0 Å². The molecule has 0 amide bonds. The van der Waals surface area contributed by atoms with Crippen LogP contribution in [0.3, 0.4) is 0 Å². The largest absolute Gasteiger partial charge is 2.00 e. The van der Waals surface area contributed by atoms with Gasteiger partial charge < -0.3 is 2.85 Å². The molecule has 0 rings (SSSR count). The van der Waals surface area contributed by atoms with Gasteiger partial charge in [0.15, 0.2) is 0 Å². The van der Waals surface area contributed by atoms with E-state index in [2.05, 4.69) is 19.7 Å². The number of hydrogen-bond donors (Lipinski definition) is 0. The first-order valence-electron chi connectivity index (χ1n) is 3.67. The molecule has 0 N–H and O–H groups in total. The molecule has 0 saturated carbocycles. The molecule has 0 fully saturated rings. The second-order valence-electron chi connectivity index (χ2n) is 2.44. The van der Waals surface area contributed by atoms with E-state index in [-0.39, 0.29) is 40.6 Å². The van der Waals surface area contributed by atoms with Crippen LogP contribution in [0.25, 0.3) is 0 Å². The zero-order chi connectivity index (χ0) is 7.82. The van der Waals surface area contributed by atoms with Crippen molar-refractivity contribution in [1.29, 1.82) is 0 Å². The summed E-state index contributed by atoms with van der Waals surface area (Å²) >= 11 is 0. The van der Waals surface area contributed by atoms with E-state index in [4.69, 9.17) is 0 Å². The summed E-state index contributed by atoms with van der Waals surface area (Å²) in [5.41, 5.74) is 0. The van der Waals surface area contributed by atoms with Crippen molar-refractivity contribution < 1.29 is 2.85 Å². The maximum atomic E-state index is 3.73. The second kappa shape index (κ2) is 10.7. The van der Waals surface area contributed by atoms with Gasteiger partial charge in [0.2, 0.25) is 0 Å². The first-order chi connectivity index (χ1) is 4.85. The average Bonchev–Trinajstić information content (AvgIpc) is 1.90. The van der Waals surface area contributed by atoms with Gasteiger partial charge >= 0.3 is 37.7 Å². The number of rotatable bonds is 6. The summed E-state index contributed by atoms with van der Waals surface area (Å²) in [6, 6.07) is 3.62. The minimum absolute atomic E-state index is 0. The maximum absolute atomic E-state index is 3.73. The first kappa shape index (κ1) is 14.2. The summed E-state index contributed by atoms with van der Waals surface area (Å²) in [5.74, 6) is 0. The van der Waals surface area contributed by atoms with Gasteiger partial charge in [-0.3, -0.25) is 0 Å². The fraction of sp³-hybridized carbons (Fsp3) is 0.333. The Morgan fingerprint density at radius 3 is 1.36 bits per heavy atom. The van der Waals surface area contributed by atoms with Gasteiger partial charge in [-0.25, -0.2) is 0 Å². The molecule has 0 heterocycles. The van der Waals surface area contributed by atoms with E-state index < -0.39 is 8.80 Å². The molecule has 60 valence electrons. The zero-order valence-electron chi connectivity index (χ0n) is 9.26. The minimum Gasteiger partial charge on any atom is -1.00 e. The molecule has 0 radical (unpaired) electrons. The van der Waals surface area contributed by atoms with E-state index in [0.717, 1.165) is 0 Å². The molecular weight excluding hydrogens is 176 g/mol. The van der Waals surface area contributed by atoms with Crippen LogP contribution in [0.1, 0.15) is 2.85 Å². The first-order valence-corrected chi connectivity index (χ1v) is 6.12. The molecule has 0 aromatic carbocycles. The third kappa shape index (κ3) is 8.60. The molecule has 2 heteroatoms. The molecule has 0 atom stereocenters. The Balaban J connectivity index is -0.000000135. The monoisotopic (exact) mass is 194 g/mol. The molecule has 0 aromatic heterocycles. The van der Waals surface area contributed by atoms with Crippen molar-refractivity contribution in [2.24, 2.45) is 0 Å². The number of allylic oxidation sites excluding steroid dienone is 3. The van der Waals surface area contributed by atoms with Crippen LogP contribution >= 0.6 is 0 Å². The average molecular weight is 194 g/mol. The van der Waals surface area contributed by atoms with Crippen molar-refractivity contribution in [2.45, 2.75) is 18.1 Å². The summed E-state index contributed by atoms with van der Waals surface area (Å²) in [6.45, 7) is 11.2. The fourth-order valence-corrected chi connectivity index (χ4v) is 2.99. The quantitative estimate of drug-likeness (QED) is 0.450. The fourth-order valence-electron chi connectivity index (χ4n) is 0.996. The zero-order valence-corrected chi connectivity index (χ0v) is 10.6. The summed E-state index contributed by atoms with van der Waals surface area (Å²) in [5, 5.41) is 0.